The van der Waals surface area contributed by atoms with Crippen LogP contribution >= 0.6 is 15.6 Å². The Morgan fingerprint density at radius 3 is 2.36 bits per heavy atom. The fourth-order valence-corrected chi connectivity index (χ4v) is 7.86. The SMILES string of the molecule is Nc1nc2c(ncn2[C@@H]2O[C@@H]3COP(=O)(O)O[C@@H]4C(O)[C@H](n5cnc6c(N)ncnc65)C[C@@H]4COP(=O)(O)OC3[C@H]2O)c(=O)[nH]1. The Bertz CT molecular complexity index is 1940. The van der Waals surface area contributed by atoms with Crippen LogP contribution in [0.3, 0.4) is 0 Å². The summed E-state index contributed by atoms with van der Waals surface area (Å²) in [6.45, 7) is -1.39. The average Bonchev–Trinajstić information content (AvgIpc) is 3.72. The molecule has 4 aromatic rings. The van der Waals surface area contributed by atoms with E-state index < -0.39 is 83.1 Å². The van der Waals surface area contributed by atoms with E-state index in [-0.39, 0.29) is 40.5 Å². The molecule has 3 aliphatic rings. The number of nitrogens with two attached hydrogens (primary N) is 2. The minimum Gasteiger partial charge on any atom is -0.388 e. The molecular weight excluding hydrogens is 646 g/mol. The van der Waals surface area contributed by atoms with E-state index in [1.54, 1.807) is 0 Å². The number of aliphatic hydroxyl groups is 2. The Morgan fingerprint density at radius 2 is 1.58 bits per heavy atom. The largest absolute Gasteiger partial charge is 0.472 e. The summed E-state index contributed by atoms with van der Waals surface area (Å²) >= 11 is 0. The first-order valence-electron chi connectivity index (χ1n) is 13.3. The summed E-state index contributed by atoms with van der Waals surface area (Å²) in [5.74, 6) is -1.11. The number of imidazole rings is 2. The maximum absolute atomic E-state index is 13.1. The summed E-state index contributed by atoms with van der Waals surface area (Å²) in [7, 11) is -9.94. The molecule has 0 aromatic carbocycles. The minimum absolute atomic E-state index is 0.00400. The lowest BCUT2D eigenvalue weighted by molar-refractivity contribution is -0.0606. The Balaban J connectivity index is 1.17. The van der Waals surface area contributed by atoms with Crippen molar-refractivity contribution in [2.75, 3.05) is 24.7 Å². The van der Waals surface area contributed by atoms with Crippen LogP contribution in [0.25, 0.3) is 22.3 Å². The highest BCUT2D eigenvalue weighted by atomic mass is 31.2. The van der Waals surface area contributed by atoms with Crippen molar-refractivity contribution in [2.45, 2.75) is 49.2 Å². The summed E-state index contributed by atoms with van der Waals surface area (Å²) in [5, 5.41) is 22.4. The molecule has 4 aromatic heterocycles. The van der Waals surface area contributed by atoms with Crippen molar-refractivity contribution in [3.8, 4) is 0 Å². The van der Waals surface area contributed by atoms with Gasteiger partial charge in [0.25, 0.3) is 5.56 Å². The molecule has 22 nitrogen and oxygen atoms in total. The summed E-state index contributed by atoms with van der Waals surface area (Å²) in [5.41, 5.74) is 11.1. The van der Waals surface area contributed by atoms with Gasteiger partial charge in [-0.3, -0.25) is 32.4 Å². The molecule has 1 saturated carbocycles. The third-order valence-electron chi connectivity index (χ3n) is 7.88. The van der Waals surface area contributed by atoms with Crippen LogP contribution in [0.5, 0.6) is 0 Å². The van der Waals surface area contributed by atoms with Crippen LogP contribution < -0.4 is 17.0 Å². The Labute approximate surface area is 250 Å². The lowest BCUT2D eigenvalue weighted by Gasteiger charge is -2.28. The maximum atomic E-state index is 13.1. The van der Waals surface area contributed by atoms with Gasteiger partial charge in [-0.1, -0.05) is 0 Å². The number of fused-ring (bicyclic) bond motifs is 4. The van der Waals surface area contributed by atoms with E-state index in [0.29, 0.717) is 0 Å². The first kappa shape index (κ1) is 30.3. The molecule has 2 saturated heterocycles. The zero-order valence-electron chi connectivity index (χ0n) is 22.7. The molecule has 0 bridgehead atoms. The first-order chi connectivity index (χ1) is 21.3. The minimum atomic E-state index is -4.98. The molecule has 4 unspecified atom stereocenters. The number of ether oxygens (including phenoxy) is 1. The molecule has 7 rings (SSSR count). The van der Waals surface area contributed by atoms with Crippen LogP contribution in [0, 0.1) is 5.92 Å². The number of hydrogen-bond acceptors (Lipinski definition) is 17. The van der Waals surface area contributed by atoms with Gasteiger partial charge in [0.15, 0.2) is 28.9 Å². The summed E-state index contributed by atoms with van der Waals surface area (Å²) in [6.07, 6.45) is -5.53. The molecule has 9 N–H and O–H groups in total. The number of nitrogens with one attached hydrogen (secondary N) is 1. The molecule has 1 aliphatic carbocycles. The van der Waals surface area contributed by atoms with Gasteiger partial charge in [0.05, 0.1) is 31.9 Å². The number of aromatic amines is 1. The highest BCUT2D eigenvalue weighted by Crippen LogP contribution is 2.55. The van der Waals surface area contributed by atoms with Crippen LogP contribution in [0.15, 0.2) is 23.8 Å². The fourth-order valence-electron chi connectivity index (χ4n) is 5.85. The van der Waals surface area contributed by atoms with Crippen molar-refractivity contribution < 1.29 is 52.0 Å². The molecule has 3 fully saturated rings. The van der Waals surface area contributed by atoms with Gasteiger partial charge in [0, 0.05) is 5.92 Å². The number of hydrogen-bond donors (Lipinski definition) is 7. The van der Waals surface area contributed by atoms with E-state index in [1.807, 2.05) is 0 Å². The van der Waals surface area contributed by atoms with Crippen molar-refractivity contribution in [2.24, 2.45) is 5.92 Å². The number of H-pyrrole nitrogens is 1. The van der Waals surface area contributed by atoms with Gasteiger partial charge in [-0.15, -0.1) is 0 Å². The molecule has 45 heavy (non-hydrogen) atoms. The first-order valence-corrected chi connectivity index (χ1v) is 16.3. The smallest absolute Gasteiger partial charge is 0.388 e. The van der Waals surface area contributed by atoms with Crippen molar-refractivity contribution >= 4 is 49.7 Å². The van der Waals surface area contributed by atoms with Gasteiger partial charge < -0.3 is 40.8 Å². The summed E-state index contributed by atoms with van der Waals surface area (Å²) in [6, 6.07) is -0.850. The van der Waals surface area contributed by atoms with Crippen LogP contribution in [-0.2, 0) is 32.0 Å². The number of anilines is 2. The van der Waals surface area contributed by atoms with E-state index in [9.17, 15) is 33.9 Å². The van der Waals surface area contributed by atoms with Gasteiger partial charge >= 0.3 is 15.6 Å². The molecule has 24 heteroatoms. The maximum Gasteiger partial charge on any atom is 0.472 e. The number of nitrogens with zero attached hydrogens (tertiary/aromatic N) is 7. The average molecular weight is 672 g/mol. The number of rotatable bonds is 2. The van der Waals surface area contributed by atoms with Gasteiger partial charge in [0.2, 0.25) is 5.95 Å². The molecule has 0 spiro atoms. The van der Waals surface area contributed by atoms with Crippen LogP contribution in [-0.4, -0.2) is 103 Å². The van der Waals surface area contributed by atoms with E-state index in [4.69, 9.17) is 34.3 Å². The van der Waals surface area contributed by atoms with Crippen LogP contribution in [0.4, 0.5) is 11.8 Å². The summed E-state index contributed by atoms with van der Waals surface area (Å²) in [4.78, 5) is 56.0. The van der Waals surface area contributed by atoms with E-state index >= 15 is 0 Å². The second-order valence-corrected chi connectivity index (χ2v) is 13.4. The Morgan fingerprint density at radius 1 is 0.889 bits per heavy atom. The molecule has 0 radical (unpaired) electrons. The standard InChI is InChI=1S/C21H26N10O12P2/c22-16-10-17(25-4-24-16)30(5-26-10)8-1-7-2-39-44(35,36)43-15-9(3-40-45(37,38)42-14(7)12(8)32)41-20(13(15)33)31-6-27-11-18(31)28-21(23)29-19(11)34/h4-9,12-15,20,32-33H,1-3H2,(H,35,36)(H,37,38)(H2,22,24,25)(H3,23,28,29,34)/t7-,8-,9-,12?,13-,14+,15?,20-/m1/s1. The normalized spacial score (nSPS) is 37.7. The van der Waals surface area contributed by atoms with Crippen molar-refractivity contribution in [3.05, 3.63) is 29.3 Å². The highest BCUT2D eigenvalue weighted by molar-refractivity contribution is 7.47. The topological polar surface area (TPSA) is 320 Å². The second kappa shape index (κ2) is 10.9. The predicted octanol–water partition coefficient (Wildman–Crippen LogP) is -1.68. The molecule has 2 aliphatic heterocycles. The summed E-state index contributed by atoms with van der Waals surface area (Å²) < 4.78 is 55.8. The zero-order valence-corrected chi connectivity index (χ0v) is 24.5. The zero-order chi connectivity index (χ0) is 31.8. The Hall–Kier alpha value is -3.40. The monoisotopic (exact) mass is 672 g/mol. The molecule has 0 amide bonds. The second-order valence-electron chi connectivity index (χ2n) is 10.6. The number of phosphoric ester groups is 2. The Kier molecular flexibility index (Phi) is 7.30. The van der Waals surface area contributed by atoms with Crippen LogP contribution in [0.1, 0.15) is 18.7 Å². The lowest BCUT2D eigenvalue weighted by atomic mass is 10.1. The van der Waals surface area contributed by atoms with Crippen molar-refractivity contribution in [1.82, 2.24) is 39.0 Å². The van der Waals surface area contributed by atoms with Gasteiger partial charge in [0.1, 0.15) is 42.4 Å². The lowest BCUT2D eigenvalue weighted by Crippen LogP contribution is -2.37. The number of nitrogen functional groups attached to an aromatic ring is 2. The number of phosphoric acid groups is 2. The van der Waals surface area contributed by atoms with E-state index in [0.717, 1.165) is 10.9 Å². The molecule has 10 atom stereocenters. The van der Waals surface area contributed by atoms with E-state index in [1.165, 1.54) is 17.2 Å². The highest BCUT2D eigenvalue weighted by Gasteiger charge is 2.53. The fraction of sp³-hybridized carbons (Fsp3) is 0.524. The number of aliphatic hydroxyl groups excluding tert-OH is 2. The van der Waals surface area contributed by atoms with Gasteiger partial charge in [-0.2, -0.15) is 4.98 Å². The van der Waals surface area contributed by atoms with Crippen molar-refractivity contribution in [3.63, 3.8) is 0 Å². The molecule has 242 valence electrons. The number of aromatic nitrogens is 8. The quantitative estimate of drug-likeness (QED) is 0.117. The van der Waals surface area contributed by atoms with Gasteiger partial charge in [-0.25, -0.2) is 29.1 Å². The van der Waals surface area contributed by atoms with Crippen LogP contribution in [0.2, 0.25) is 0 Å². The third kappa shape index (κ3) is 5.32. The van der Waals surface area contributed by atoms with Gasteiger partial charge in [-0.05, 0) is 6.42 Å². The third-order valence-corrected chi connectivity index (χ3v) is 9.85. The molecule has 6 heterocycles. The predicted molar refractivity (Wildman–Crippen MR) is 147 cm³/mol. The van der Waals surface area contributed by atoms with Crippen molar-refractivity contribution in [1.29, 1.82) is 0 Å². The molecular formula is C21H26N10O12P2. The van der Waals surface area contributed by atoms with E-state index in [2.05, 4.69) is 29.9 Å².